The van der Waals surface area contributed by atoms with Crippen molar-refractivity contribution >= 4 is 8.60 Å². The molecule has 0 unspecified atom stereocenters. The molecule has 3 nitrogen and oxygen atoms in total. The molecule has 3 N–H and O–H groups in total. The summed E-state index contributed by atoms with van der Waals surface area (Å²) >= 11 is 0. The van der Waals surface area contributed by atoms with Crippen molar-refractivity contribution in [2.24, 2.45) is 0 Å². The van der Waals surface area contributed by atoms with Crippen LogP contribution in [0.15, 0.2) is 0 Å². The molecule has 0 fully saturated rings. The van der Waals surface area contributed by atoms with Crippen molar-refractivity contribution in [3.8, 4) is 0 Å². The van der Waals surface area contributed by atoms with Gasteiger partial charge in [-0.3, -0.25) is 0 Å². The number of hydrogen-bond acceptors (Lipinski definition) is 3. The average Bonchev–Trinajstić information content (AvgIpc) is 0.811. The molecule has 2 radical (unpaired) electrons. The third-order valence-electron chi connectivity index (χ3n) is 0. The van der Waals surface area contributed by atoms with Gasteiger partial charge in [-0.15, -0.1) is 0 Å². The van der Waals surface area contributed by atoms with Gasteiger partial charge in [0.05, 0.1) is 0 Å². The van der Waals surface area contributed by atoms with E-state index in [4.69, 9.17) is 14.7 Å². The molecule has 0 amide bonds. The summed E-state index contributed by atoms with van der Waals surface area (Å²) in [7, 11) is -2.62. The van der Waals surface area contributed by atoms with E-state index in [-0.39, 0.29) is 34.1 Å². The Kier molecular flexibility index (Phi) is 25.1. The topological polar surface area (TPSA) is 60.7 Å². The minimum Gasteiger partial charge on any atom is -0.328 e. The summed E-state index contributed by atoms with van der Waals surface area (Å²) in [5.74, 6) is 0. The molecule has 0 aliphatic rings. The first-order chi connectivity index (χ1) is 1.73. The molecule has 0 spiro atoms. The molecule has 6 heteroatoms. The Hall–Kier alpha value is 1.35. The van der Waals surface area contributed by atoms with E-state index >= 15 is 0 Å². The molecule has 0 aliphatic carbocycles. The second-order valence-electron chi connectivity index (χ2n) is 0.268. The Morgan fingerprint density at radius 1 is 0.833 bits per heavy atom. The third-order valence-corrected chi connectivity index (χ3v) is 0. The van der Waals surface area contributed by atoms with Gasteiger partial charge in [-0.2, -0.15) is 0 Å². The molecule has 0 atom stereocenters. The Bertz CT molecular complexity index is 13.5. The van der Waals surface area contributed by atoms with Crippen molar-refractivity contribution in [3.05, 3.63) is 0 Å². The van der Waals surface area contributed by atoms with Gasteiger partial charge in [0, 0.05) is 34.1 Å². The Morgan fingerprint density at radius 3 is 0.833 bits per heavy atom. The first-order valence-electron chi connectivity index (χ1n) is 0.600. The fraction of sp³-hybridized carbons (Fsp3) is 0. The molecule has 48 valence electrons. The van der Waals surface area contributed by atoms with E-state index in [1.807, 2.05) is 0 Å². The van der Waals surface area contributed by atoms with Crippen LogP contribution in [0.3, 0.4) is 0 Å². The number of rotatable bonds is 0. The van der Waals surface area contributed by atoms with Gasteiger partial charge >= 0.3 is 8.60 Å². The second kappa shape index (κ2) is 9.60. The first-order valence-corrected chi connectivity index (χ1v) is 1.80. The first kappa shape index (κ1) is 15.7. The smallest absolute Gasteiger partial charge is 0.324 e. The SMILES string of the molecule is OP(O)O.[Cu].[Cu]. The maximum absolute atomic E-state index is 7.23. The van der Waals surface area contributed by atoms with E-state index in [1.165, 1.54) is 0 Å². The van der Waals surface area contributed by atoms with E-state index in [9.17, 15) is 0 Å². The van der Waals surface area contributed by atoms with E-state index in [1.54, 1.807) is 0 Å². The Labute approximate surface area is 57.7 Å². The van der Waals surface area contributed by atoms with Crippen molar-refractivity contribution in [3.63, 3.8) is 0 Å². The zero-order chi connectivity index (χ0) is 3.58. The van der Waals surface area contributed by atoms with Gasteiger partial charge in [-0.1, -0.05) is 0 Å². The van der Waals surface area contributed by atoms with E-state index in [2.05, 4.69) is 0 Å². The van der Waals surface area contributed by atoms with E-state index < -0.39 is 8.60 Å². The zero-order valence-corrected chi connectivity index (χ0v) is 5.17. The van der Waals surface area contributed by atoms with Crippen LogP contribution in [0.5, 0.6) is 0 Å². The van der Waals surface area contributed by atoms with Gasteiger partial charge in [-0.25, -0.2) is 0 Å². The molecular formula is H3Cu2O3P. The van der Waals surface area contributed by atoms with Crippen LogP contribution in [0.1, 0.15) is 0 Å². The summed E-state index contributed by atoms with van der Waals surface area (Å²) in [6.45, 7) is 0. The Balaban J connectivity index is -0.0000000450. The van der Waals surface area contributed by atoms with E-state index in [0.29, 0.717) is 0 Å². The summed E-state index contributed by atoms with van der Waals surface area (Å²) in [6, 6.07) is 0. The van der Waals surface area contributed by atoms with Crippen LogP contribution in [0.4, 0.5) is 0 Å². The van der Waals surface area contributed by atoms with Gasteiger partial charge in [0.1, 0.15) is 0 Å². The molecule has 0 heterocycles. The van der Waals surface area contributed by atoms with Crippen molar-refractivity contribution in [1.82, 2.24) is 0 Å². The second-order valence-corrected chi connectivity index (χ2v) is 0.805. The molecule has 6 heavy (non-hydrogen) atoms. The van der Waals surface area contributed by atoms with Crippen molar-refractivity contribution in [2.75, 3.05) is 0 Å². The van der Waals surface area contributed by atoms with Gasteiger partial charge in [-0.05, 0) is 0 Å². The summed E-state index contributed by atoms with van der Waals surface area (Å²) in [5, 5.41) is 0. The number of hydrogen-bond donors (Lipinski definition) is 3. The quantitative estimate of drug-likeness (QED) is 0.361. The van der Waals surface area contributed by atoms with Gasteiger partial charge in [0.25, 0.3) is 0 Å². The minimum atomic E-state index is -2.62. The zero-order valence-electron chi connectivity index (χ0n) is 2.39. The molecule has 0 bridgehead atoms. The van der Waals surface area contributed by atoms with Gasteiger partial charge in [0.2, 0.25) is 0 Å². The van der Waals surface area contributed by atoms with Crippen LogP contribution in [0.25, 0.3) is 0 Å². The van der Waals surface area contributed by atoms with Crippen molar-refractivity contribution in [2.45, 2.75) is 0 Å². The largest absolute Gasteiger partial charge is 0.328 e. The summed E-state index contributed by atoms with van der Waals surface area (Å²) in [5.41, 5.74) is 0. The predicted molar refractivity (Wildman–Crippen MR) is 13.6 cm³/mol. The fourth-order valence-corrected chi connectivity index (χ4v) is 0. The molecule has 0 aromatic rings. The van der Waals surface area contributed by atoms with Crippen LogP contribution in [-0.2, 0) is 34.1 Å². The van der Waals surface area contributed by atoms with Crippen LogP contribution in [0.2, 0.25) is 0 Å². The summed E-state index contributed by atoms with van der Waals surface area (Å²) in [6.07, 6.45) is 0. The van der Waals surface area contributed by atoms with Crippen LogP contribution in [-0.4, -0.2) is 14.7 Å². The standard InChI is InChI=1S/2Cu.H3O3P/c;;1-4(2)3/h;;1-3H. The fourth-order valence-electron chi connectivity index (χ4n) is 0. The van der Waals surface area contributed by atoms with Gasteiger partial charge < -0.3 is 14.7 Å². The monoisotopic (exact) mass is 208 g/mol. The molecule has 0 rings (SSSR count). The normalized spacial score (nSPS) is 6.00. The van der Waals surface area contributed by atoms with Crippen LogP contribution in [0, 0.1) is 0 Å². The molecule has 0 aromatic carbocycles. The Morgan fingerprint density at radius 2 is 0.833 bits per heavy atom. The molecule has 0 aliphatic heterocycles. The third kappa shape index (κ3) is 55.6. The van der Waals surface area contributed by atoms with E-state index in [0.717, 1.165) is 0 Å². The molecule has 0 saturated carbocycles. The molecule has 0 saturated heterocycles. The maximum atomic E-state index is 7.23. The molecule has 0 aromatic heterocycles. The van der Waals surface area contributed by atoms with Gasteiger partial charge in [0.15, 0.2) is 0 Å². The summed E-state index contributed by atoms with van der Waals surface area (Å²) < 4.78 is 0. The average molecular weight is 209 g/mol. The minimum absolute atomic E-state index is 0. The summed E-state index contributed by atoms with van der Waals surface area (Å²) in [4.78, 5) is 21.7. The van der Waals surface area contributed by atoms with Crippen molar-refractivity contribution < 1.29 is 48.8 Å². The van der Waals surface area contributed by atoms with Crippen LogP contribution >= 0.6 is 8.60 Å². The van der Waals surface area contributed by atoms with Crippen LogP contribution < -0.4 is 0 Å². The maximum Gasteiger partial charge on any atom is 0.324 e. The molecular weight excluding hydrogens is 206 g/mol. The van der Waals surface area contributed by atoms with Crippen molar-refractivity contribution in [1.29, 1.82) is 0 Å². The predicted octanol–water partition coefficient (Wildman–Crippen LogP) is -0.815.